The van der Waals surface area contributed by atoms with E-state index in [1.54, 1.807) is 6.92 Å². The Labute approximate surface area is 227 Å². The first-order valence-corrected chi connectivity index (χ1v) is 13.5. The second-order valence-electron chi connectivity index (χ2n) is 7.65. The van der Waals surface area contributed by atoms with Crippen molar-refractivity contribution in [1.82, 2.24) is 24.6 Å². The highest BCUT2D eigenvalue weighted by Crippen LogP contribution is 2.41. The van der Waals surface area contributed by atoms with Crippen LogP contribution in [-0.2, 0) is 19.2 Å². The number of hydrogen-bond donors (Lipinski definition) is 6. The van der Waals surface area contributed by atoms with Crippen molar-refractivity contribution in [2.75, 3.05) is 46.9 Å². The van der Waals surface area contributed by atoms with Gasteiger partial charge < -0.3 is 43.0 Å². The molecule has 38 heavy (non-hydrogen) atoms. The van der Waals surface area contributed by atoms with Gasteiger partial charge in [0.05, 0.1) is 11.7 Å². The number of aromatic nitrogens is 4. The summed E-state index contributed by atoms with van der Waals surface area (Å²) >= 11 is 3.16. The lowest BCUT2D eigenvalue weighted by atomic mass is 10.0. The number of thioether (sulfide) groups is 2. The Morgan fingerprint density at radius 2 is 2.05 bits per heavy atom. The van der Waals surface area contributed by atoms with Crippen molar-refractivity contribution in [3.05, 3.63) is 17.1 Å². The zero-order valence-electron chi connectivity index (χ0n) is 19.6. The molecule has 20 heteroatoms. The normalized spacial score (nSPS) is 19.1. The first kappa shape index (κ1) is 27.0. The average Bonchev–Trinajstić information content (AvgIpc) is 3.32. The highest BCUT2D eigenvalue weighted by molar-refractivity contribution is 8.01. The van der Waals surface area contributed by atoms with Crippen LogP contribution in [0, 0.1) is 0 Å². The molecule has 0 radical (unpaired) electrons. The number of amides is 2. The molecule has 4 rings (SSSR count). The van der Waals surface area contributed by atoms with E-state index < -0.39 is 29.2 Å². The van der Waals surface area contributed by atoms with E-state index in [1.807, 2.05) is 0 Å². The number of oxime groups is 1. The van der Waals surface area contributed by atoms with Crippen molar-refractivity contribution in [1.29, 1.82) is 0 Å². The van der Waals surface area contributed by atoms with Crippen LogP contribution in [0.25, 0.3) is 0 Å². The number of nitrogens with zero attached hydrogens (tertiary/aromatic N) is 6. The summed E-state index contributed by atoms with van der Waals surface area (Å²) in [6.45, 7) is 1.83. The van der Waals surface area contributed by atoms with Crippen LogP contribution in [0.5, 0.6) is 0 Å². The van der Waals surface area contributed by atoms with E-state index in [2.05, 4.69) is 24.8 Å². The summed E-state index contributed by atoms with van der Waals surface area (Å²) in [6.07, 6.45) is 0. The van der Waals surface area contributed by atoms with E-state index >= 15 is 0 Å². The summed E-state index contributed by atoms with van der Waals surface area (Å²) in [5.41, 5.74) is 22.7. The Morgan fingerprint density at radius 1 is 1.32 bits per heavy atom. The topological polar surface area (TPSA) is 284 Å². The molecule has 2 aromatic rings. The molecule has 2 amide bonds. The van der Waals surface area contributed by atoms with Gasteiger partial charge in [-0.3, -0.25) is 20.3 Å². The summed E-state index contributed by atoms with van der Waals surface area (Å²) in [7, 11) is 0. The van der Waals surface area contributed by atoms with Crippen LogP contribution in [0.1, 0.15) is 12.7 Å². The second-order valence-corrected chi connectivity index (χ2v) is 10.5. The summed E-state index contributed by atoms with van der Waals surface area (Å²) in [5, 5.41) is 17.9. The van der Waals surface area contributed by atoms with Crippen molar-refractivity contribution in [2.45, 2.75) is 23.5 Å². The molecule has 1 fully saturated rings. The minimum atomic E-state index is -1.55. The molecule has 1 saturated heterocycles. The third-order valence-electron chi connectivity index (χ3n) is 5.29. The monoisotopic (exact) mass is 582 g/mol. The van der Waals surface area contributed by atoms with E-state index in [0.717, 1.165) is 32.9 Å². The first-order valence-electron chi connectivity index (χ1n) is 10.7. The fourth-order valence-corrected chi connectivity index (χ4v) is 6.32. The quantitative estimate of drug-likeness (QED) is 0.0314. The van der Waals surface area contributed by atoms with E-state index in [4.69, 9.17) is 33.6 Å². The van der Waals surface area contributed by atoms with Gasteiger partial charge in [-0.1, -0.05) is 10.1 Å². The molecule has 2 atom stereocenters. The van der Waals surface area contributed by atoms with Crippen molar-refractivity contribution in [3.63, 3.8) is 0 Å². The molecule has 2 aliphatic heterocycles. The van der Waals surface area contributed by atoms with Gasteiger partial charge in [-0.2, -0.15) is 9.36 Å². The van der Waals surface area contributed by atoms with Crippen molar-refractivity contribution in [2.24, 2.45) is 5.16 Å². The highest BCUT2D eigenvalue weighted by atomic mass is 32.2. The number of nitrogens with two attached hydrogens (primary N) is 5. The third kappa shape index (κ3) is 4.91. The number of anilines is 4. The molecule has 0 saturated carbocycles. The van der Waals surface area contributed by atoms with Crippen LogP contribution in [0.4, 0.5) is 22.5 Å². The maximum absolute atomic E-state index is 13.0. The average molecular weight is 583 g/mol. The lowest BCUT2D eigenvalue weighted by Gasteiger charge is -2.50. The summed E-state index contributed by atoms with van der Waals surface area (Å²) in [4.78, 5) is 52.0. The number of carboxylic acids is 1. The Bertz CT molecular complexity index is 1380. The number of nitrogens with one attached hydrogen (secondary N) is 1. The fraction of sp³-hybridized carbons (Fsp3) is 0.333. The van der Waals surface area contributed by atoms with Crippen molar-refractivity contribution < 1.29 is 29.0 Å². The summed E-state index contributed by atoms with van der Waals surface area (Å²) in [5.74, 6) is 3.11. The van der Waals surface area contributed by atoms with E-state index in [-0.39, 0.29) is 63.0 Å². The molecule has 11 N–H and O–H groups in total. The molecule has 0 spiro atoms. The van der Waals surface area contributed by atoms with Crippen LogP contribution in [0.3, 0.4) is 0 Å². The van der Waals surface area contributed by atoms with Gasteiger partial charge in [0.1, 0.15) is 18.0 Å². The van der Waals surface area contributed by atoms with Crippen LogP contribution in [0.15, 0.2) is 21.6 Å². The lowest BCUT2D eigenvalue weighted by Crippen LogP contribution is -2.71. The number of β-lactam (4-membered cyclic amide) rings is 1. The number of carbonyl (C=O) groups is 3. The molecular formula is C18H22N12O5S3. The van der Waals surface area contributed by atoms with Crippen LogP contribution in [-0.4, -0.2) is 72.3 Å². The Morgan fingerprint density at radius 3 is 2.68 bits per heavy atom. The van der Waals surface area contributed by atoms with Crippen molar-refractivity contribution >= 4 is 81.0 Å². The van der Waals surface area contributed by atoms with E-state index in [1.165, 1.54) is 11.8 Å². The number of hydrogen-bond acceptors (Lipinski definition) is 17. The largest absolute Gasteiger partial charge is 0.543 e. The van der Waals surface area contributed by atoms with Gasteiger partial charge in [0.2, 0.25) is 17.4 Å². The third-order valence-corrected chi connectivity index (χ3v) is 8.21. The summed E-state index contributed by atoms with van der Waals surface area (Å²) in [6, 6.07) is -1.04. The predicted octanol–water partition coefficient (Wildman–Crippen LogP) is -3.80. The molecule has 1 unspecified atom stereocenters. The molecule has 0 aliphatic carbocycles. The number of fused-ring (bicyclic) bond motifs is 1. The van der Waals surface area contributed by atoms with Crippen LogP contribution >= 0.6 is 35.1 Å². The Kier molecular flexibility index (Phi) is 7.64. The fourth-order valence-electron chi connectivity index (χ4n) is 3.47. The van der Waals surface area contributed by atoms with Gasteiger partial charge in [0.15, 0.2) is 10.8 Å². The molecule has 202 valence electrons. The zero-order chi connectivity index (χ0) is 27.7. The number of aliphatic carboxylic acids is 1. The minimum Gasteiger partial charge on any atom is -0.543 e. The zero-order valence-corrected chi connectivity index (χ0v) is 22.1. The molecule has 2 aliphatic rings. The standard InChI is InChI=1S/C18H22N12O5S3/c1-2-35-27-7(12-26-17(22)38-28-12)13(31)24-8-14(32)29-9(16(33)34)5(3-36-15(8)29)4-37-18-25-10(20)6(19)11(21)30(18)23/h8,15H,2-4,23H2,1H3,(H9,19,20,21,22,24,26,27,28,31,33,34)/t8?,15-/m1/s1. The van der Waals surface area contributed by atoms with Crippen LogP contribution < -0.4 is 43.9 Å². The second kappa shape index (κ2) is 10.8. The van der Waals surface area contributed by atoms with E-state index in [0.29, 0.717) is 5.57 Å². The van der Waals surface area contributed by atoms with Crippen LogP contribution in [0.2, 0.25) is 0 Å². The van der Waals surface area contributed by atoms with Gasteiger partial charge in [0, 0.05) is 23.0 Å². The molecule has 17 nitrogen and oxygen atoms in total. The lowest BCUT2D eigenvalue weighted by molar-refractivity contribution is -0.667. The predicted molar refractivity (Wildman–Crippen MR) is 138 cm³/mol. The highest BCUT2D eigenvalue weighted by Gasteiger charge is 2.53. The maximum Gasteiger partial charge on any atom is 0.323 e. The number of carbonyl (C=O) groups excluding carboxylic acids is 3. The van der Waals surface area contributed by atoms with Gasteiger partial charge in [-0.15, -0.1) is 16.4 Å². The summed E-state index contributed by atoms with van der Waals surface area (Å²) < 4.78 is 4.98. The molecule has 2 aromatic heterocycles. The van der Waals surface area contributed by atoms with E-state index in [9.17, 15) is 19.5 Å². The smallest absolute Gasteiger partial charge is 0.323 e. The molecule has 0 bridgehead atoms. The minimum absolute atomic E-state index is 0.00789. The Hall–Kier alpha value is -4.04. The van der Waals surface area contributed by atoms with Gasteiger partial charge in [-0.05, 0) is 24.3 Å². The van der Waals surface area contributed by atoms with Gasteiger partial charge >= 0.3 is 5.16 Å². The first-order chi connectivity index (χ1) is 18.0. The van der Waals surface area contributed by atoms with Crippen molar-refractivity contribution in [3.8, 4) is 0 Å². The number of nitrogen functional groups attached to an aromatic ring is 5. The maximum atomic E-state index is 13.0. The van der Waals surface area contributed by atoms with Gasteiger partial charge in [-0.25, -0.2) is 0 Å². The number of carboxylic acid groups (broad SMARTS) is 1. The Balaban J connectivity index is 1.51. The van der Waals surface area contributed by atoms with Gasteiger partial charge in [0.25, 0.3) is 17.6 Å². The molecule has 0 aromatic carbocycles. The SMILES string of the molecule is CCO/N=C(\C(=O)NC1C(=O)N2C(C(=O)[O-])=C(CSc3nc(N)c(N)c(N)[n+]3N)CS[C@H]12)c1nsc(N)n1. The molecular weight excluding hydrogens is 560 g/mol. The number of rotatable bonds is 9. The molecule has 4 heterocycles.